The molecule has 204 valence electrons. The topological polar surface area (TPSA) is 63.3 Å². The van der Waals surface area contributed by atoms with Crippen LogP contribution in [0.25, 0.3) is 33.6 Å². The van der Waals surface area contributed by atoms with Crippen molar-refractivity contribution in [3.8, 4) is 33.6 Å². The molecule has 0 aliphatic rings. The summed E-state index contributed by atoms with van der Waals surface area (Å²) in [6, 6.07) is 53.7. The van der Waals surface area contributed by atoms with Crippen LogP contribution in [0.15, 0.2) is 163 Å². The van der Waals surface area contributed by atoms with Crippen molar-refractivity contribution in [2.45, 2.75) is 12.7 Å². The molecule has 6 aromatic rings. The minimum Gasteiger partial charge on any atom is -0.366 e. The van der Waals surface area contributed by atoms with E-state index < -0.39 is 6.17 Å². The molecule has 0 saturated heterocycles. The molecule has 0 aliphatic heterocycles. The second-order valence-corrected chi connectivity index (χ2v) is 10.1. The average molecular weight is 545 g/mol. The molecule has 1 unspecified atom stereocenters. The van der Waals surface area contributed by atoms with Crippen LogP contribution in [0.4, 0.5) is 0 Å². The van der Waals surface area contributed by atoms with Gasteiger partial charge in [-0.3, -0.25) is 0 Å². The summed E-state index contributed by atoms with van der Waals surface area (Å²) in [7, 11) is 0. The van der Waals surface area contributed by atoms with Gasteiger partial charge < -0.3 is 11.1 Å². The lowest BCUT2D eigenvalue weighted by Crippen LogP contribution is -2.26. The third-order valence-corrected chi connectivity index (χ3v) is 7.15. The van der Waals surface area contributed by atoms with E-state index >= 15 is 0 Å². The van der Waals surface area contributed by atoms with Crippen molar-refractivity contribution >= 4 is 5.84 Å². The Morgan fingerprint density at radius 2 is 1.10 bits per heavy atom. The molecule has 0 amide bonds. The monoisotopic (exact) mass is 544 g/mol. The molecule has 0 aliphatic carbocycles. The van der Waals surface area contributed by atoms with Crippen molar-refractivity contribution in [2.24, 2.45) is 10.7 Å². The average Bonchev–Trinajstić information content (AvgIpc) is 3.08. The minimum absolute atomic E-state index is 0.497. The summed E-state index contributed by atoms with van der Waals surface area (Å²) in [4.78, 5) is 10.0. The number of nitrogens with two attached hydrogens (primary N) is 1. The fourth-order valence-electron chi connectivity index (χ4n) is 4.92. The van der Waals surface area contributed by atoms with E-state index in [-0.39, 0.29) is 0 Å². The summed E-state index contributed by atoms with van der Waals surface area (Å²) >= 11 is 0. The number of aliphatic imine (C=N–C) groups is 1. The van der Waals surface area contributed by atoms with Gasteiger partial charge >= 0.3 is 0 Å². The Morgan fingerprint density at radius 1 is 0.571 bits per heavy atom. The molecule has 0 saturated carbocycles. The van der Waals surface area contributed by atoms with Crippen LogP contribution in [-0.4, -0.2) is 10.8 Å². The molecule has 6 rings (SSSR count). The molecule has 0 spiro atoms. The number of nitrogens with zero attached hydrogens (tertiary/aromatic N) is 2. The summed E-state index contributed by atoms with van der Waals surface area (Å²) in [5, 5.41) is 3.56. The van der Waals surface area contributed by atoms with Crippen molar-refractivity contribution in [1.29, 1.82) is 0 Å². The van der Waals surface area contributed by atoms with E-state index in [4.69, 9.17) is 15.7 Å². The minimum atomic E-state index is -0.497. The van der Waals surface area contributed by atoms with Crippen molar-refractivity contribution in [3.63, 3.8) is 0 Å². The Balaban J connectivity index is 1.41. The fourth-order valence-corrected chi connectivity index (χ4v) is 4.92. The molecule has 5 aromatic carbocycles. The van der Waals surface area contributed by atoms with E-state index in [0.717, 1.165) is 50.6 Å². The zero-order chi connectivity index (χ0) is 28.6. The molecular weight excluding hydrogens is 512 g/mol. The molecular formula is C38H32N4. The zero-order valence-electron chi connectivity index (χ0n) is 23.3. The van der Waals surface area contributed by atoms with Gasteiger partial charge in [-0.15, -0.1) is 0 Å². The van der Waals surface area contributed by atoms with Crippen LogP contribution in [0.5, 0.6) is 0 Å². The molecule has 1 heterocycles. The second-order valence-electron chi connectivity index (χ2n) is 10.1. The van der Waals surface area contributed by atoms with E-state index in [1.54, 1.807) is 0 Å². The highest BCUT2D eigenvalue weighted by Crippen LogP contribution is 2.31. The number of amidine groups is 1. The van der Waals surface area contributed by atoms with Crippen LogP contribution in [0.2, 0.25) is 0 Å². The Kier molecular flexibility index (Phi) is 8.25. The van der Waals surface area contributed by atoms with Crippen LogP contribution in [0.1, 0.15) is 22.9 Å². The van der Waals surface area contributed by atoms with E-state index in [2.05, 4.69) is 78.1 Å². The number of aromatic nitrogens is 1. The highest BCUT2D eigenvalue weighted by molar-refractivity contribution is 6.00. The Bertz CT molecular complexity index is 1710. The highest BCUT2D eigenvalue weighted by Gasteiger charge is 2.13. The largest absolute Gasteiger partial charge is 0.366 e. The highest BCUT2D eigenvalue weighted by atomic mass is 15.1. The molecule has 4 heteroatoms. The SMILES string of the molecule is NC(/N=C(\NCc1ccccc1)c1cccc(-c2cc(-c3ccccc3)nc(-c3ccccc3)c2)c1)c1ccccc1. The van der Waals surface area contributed by atoms with Crippen LogP contribution < -0.4 is 11.1 Å². The number of pyridine rings is 1. The molecule has 0 bridgehead atoms. The van der Waals surface area contributed by atoms with Gasteiger partial charge in [0.2, 0.25) is 0 Å². The van der Waals surface area contributed by atoms with E-state index in [1.807, 2.05) is 84.9 Å². The lowest BCUT2D eigenvalue weighted by molar-refractivity contribution is 0.760. The fraction of sp³-hybridized carbons (Fsp3) is 0.0526. The van der Waals surface area contributed by atoms with Crippen LogP contribution in [0, 0.1) is 0 Å². The van der Waals surface area contributed by atoms with Gasteiger partial charge in [-0.2, -0.15) is 0 Å². The first-order valence-electron chi connectivity index (χ1n) is 14.1. The molecule has 1 aromatic heterocycles. The van der Waals surface area contributed by atoms with Crippen molar-refractivity contribution in [1.82, 2.24) is 10.3 Å². The summed E-state index contributed by atoms with van der Waals surface area (Å²) in [5.41, 5.74) is 15.9. The predicted molar refractivity (Wildman–Crippen MR) is 174 cm³/mol. The Morgan fingerprint density at radius 3 is 1.69 bits per heavy atom. The standard InChI is InChI=1S/C38H32N4/c39-37(31-20-11-4-12-21-31)42-38(40-27-28-14-5-1-6-15-28)33-23-13-22-32(24-33)34-25-35(29-16-7-2-8-17-29)41-36(26-34)30-18-9-3-10-19-30/h1-26,37H,27,39H2,(H,40,42). The normalized spacial score (nSPS) is 12.1. The van der Waals surface area contributed by atoms with Gasteiger partial charge in [-0.1, -0.05) is 140 Å². The Labute approximate surface area is 247 Å². The maximum absolute atomic E-state index is 6.58. The lowest BCUT2D eigenvalue weighted by atomic mass is 9.98. The smallest absolute Gasteiger partial charge is 0.130 e. The van der Waals surface area contributed by atoms with Gasteiger partial charge in [0.05, 0.1) is 11.4 Å². The van der Waals surface area contributed by atoms with Gasteiger partial charge in [-0.05, 0) is 40.5 Å². The third-order valence-electron chi connectivity index (χ3n) is 7.15. The summed E-state index contributed by atoms with van der Waals surface area (Å²) < 4.78 is 0. The van der Waals surface area contributed by atoms with Crippen LogP contribution in [0.3, 0.4) is 0 Å². The van der Waals surface area contributed by atoms with Gasteiger partial charge in [-0.25, -0.2) is 9.98 Å². The first kappa shape index (κ1) is 26.9. The lowest BCUT2D eigenvalue weighted by Gasteiger charge is -2.16. The van der Waals surface area contributed by atoms with Crippen molar-refractivity contribution in [2.75, 3.05) is 0 Å². The number of hydrogen-bond donors (Lipinski definition) is 2. The van der Waals surface area contributed by atoms with E-state index in [9.17, 15) is 0 Å². The van der Waals surface area contributed by atoms with E-state index in [0.29, 0.717) is 6.54 Å². The second kappa shape index (κ2) is 12.9. The molecule has 4 nitrogen and oxygen atoms in total. The van der Waals surface area contributed by atoms with Crippen LogP contribution in [-0.2, 0) is 6.54 Å². The zero-order valence-corrected chi connectivity index (χ0v) is 23.3. The quantitative estimate of drug-likeness (QED) is 0.150. The third kappa shape index (κ3) is 6.52. The maximum Gasteiger partial charge on any atom is 0.130 e. The van der Waals surface area contributed by atoms with Gasteiger partial charge in [0, 0.05) is 23.2 Å². The first-order valence-corrected chi connectivity index (χ1v) is 14.1. The number of hydrogen-bond acceptors (Lipinski definition) is 3. The summed E-state index contributed by atoms with van der Waals surface area (Å²) in [5.74, 6) is 0.748. The molecule has 3 N–H and O–H groups in total. The van der Waals surface area contributed by atoms with Gasteiger partial charge in [0.1, 0.15) is 12.0 Å². The number of benzene rings is 5. The summed E-state index contributed by atoms with van der Waals surface area (Å²) in [6.07, 6.45) is -0.497. The predicted octanol–water partition coefficient (Wildman–Crippen LogP) is 8.28. The maximum atomic E-state index is 6.58. The number of nitrogens with one attached hydrogen (secondary N) is 1. The molecule has 42 heavy (non-hydrogen) atoms. The van der Waals surface area contributed by atoms with Gasteiger partial charge in [0.25, 0.3) is 0 Å². The molecule has 0 radical (unpaired) electrons. The van der Waals surface area contributed by atoms with Gasteiger partial charge in [0.15, 0.2) is 0 Å². The first-order chi connectivity index (χ1) is 20.7. The number of rotatable bonds is 8. The molecule has 1 atom stereocenters. The van der Waals surface area contributed by atoms with Crippen molar-refractivity contribution < 1.29 is 0 Å². The van der Waals surface area contributed by atoms with Crippen LogP contribution >= 0.6 is 0 Å². The molecule has 0 fully saturated rings. The van der Waals surface area contributed by atoms with Crippen molar-refractivity contribution in [3.05, 3.63) is 174 Å². The van der Waals surface area contributed by atoms with E-state index in [1.165, 1.54) is 5.56 Å². The Hall–Kier alpha value is -5.32. The summed E-state index contributed by atoms with van der Waals surface area (Å²) in [6.45, 7) is 0.636.